The summed E-state index contributed by atoms with van der Waals surface area (Å²) in [6, 6.07) is 0. The molecule has 0 rings (SSSR count). The number of rotatable bonds is 41. The van der Waals surface area contributed by atoms with E-state index in [9.17, 15) is 14.4 Å². The predicted octanol–water partition coefficient (Wildman–Crippen LogP) is 12.7. The van der Waals surface area contributed by atoms with Gasteiger partial charge in [-0.1, -0.05) is 207 Å². The van der Waals surface area contributed by atoms with Crippen LogP contribution in [0.15, 0.2) is 0 Å². The van der Waals surface area contributed by atoms with Gasteiger partial charge in [0.05, 0.1) is 31.5 Å². The Bertz CT molecular complexity index is 728. The highest BCUT2D eigenvalue weighted by molar-refractivity contribution is 5.78. The zero-order chi connectivity index (χ0) is 39.0. The van der Waals surface area contributed by atoms with Crippen molar-refractivity contribution in [2.24, 2.45) is 17.6 Å². The molecule has 0 atom stereocenters. The molecule has 0 aliphatic heterocycles. The van der Waals surface area contributed by atoms with E-state index in [0.29, 0.717) is 0 Å². The summed E-state index contributed by atoms with van der Waals surface area (Å²) in [5, 5.41) is 0. The maximum Gasteiger partial charge on any atom is 0.308 e. The van der Waals surface area contributed by atoms with Gasteiger partial charge in [0.2, 0.25) is 5.91 Å². The molecule has 0 heterocycles. The summed E-state index contributed by atoms with van der Waals surface area (Å²) in [4.78, 5) is 40.9. The number of ether oxygens (including phenoxy) is 2. The van der Waals surface area contributed by atoms with Gasteiger partial charge in [0.15, 0.2) is 0 Å². The molecule has 314 valence electrons. The van der Waals surface area contributed by atoms with Crippen LogP contribution in [-0.2, 0) is 23.9 Å². The van der Waals surface area contributed by atoms with Crippen molar-refractivity contribution in [3.8, 4) is 0 Å². The van der Waals surface area contributed by atoms with Crippen LogP contribution < -0.4 is 5.73 Å². The zero-order valence-electron chi connectivity index (χ0n) is 35.9. The molecule has 0 saturated carbocycles. The molecule has 0 aromatic rings. The summed E-state index contributed by atoms with van der Waals surface area (Å²) < 4.78 is 11.6. The minimum Gasteiger partial charge on any atom is -0.464 e. The molecule has 53 heavy (non-hydrogen) atoms. The Morgan fingerprint density at radius 2 is 0.660 bits per heavy atom. The molecule has 1 amide bonds. The smallest absolute Gasteiger partial charge is 0.308 e. The van der Waals surface area contributed by atoms with Crippen molar-refractivity contribution in [2.75, 3.05) is 32.8 Å². The molecule has 2 N–H and O–H groups in total. The maximum absolute atomic E-state index is 13.3. The van der Waals surface area contributed by atoms with E-state index < -0.39 is 0 Å². The molecular weight excluding hydrogens is 661 g/mol. The van der Waals surface area contributed by atoms with Crippen LogP contribution >= 0.6 is 0 Å². The lowest BCUT2D eigenvalue weighted by atomic mass is 9.94. The number of carbonyl (C=O) groups is 3. The van der Waals surface area contributed by atoms with E-state index in [0.717, 1.165) is 51.4 Å². The number of hydrogen-bond donors (Lipinski definition) is 1. The van der Waals surface area contributed by atoms with Gasteiger partial charge in [0, 0.05) is 0 Å². The van der Waals surface area contributed by atoms with Crippen LogP contribution in [0.3, 0.4) is 0 Å². The lowest BCUT2D eigenvalue weighted by Crippen LogP contribution is -2.41. The minimum absolute atomic E-state index is 0.0782. The molecule has 0 bridgehead atoms. The van der Waals surface area contributed by atoms with Crippen molar-refractivity contribution in [1.82, 2.24) is 4.90 Å². The molecule has 0 unspecified atom stereocenters. The number of nitrogens with zero attached hydrogens (tertiary/aromatic N) is 1. The number of unbranched alkanes of at least 4 members (excludes halogenated alkanes) is 24. The van der Waals surface area contributed by atoms with E-state index in [1.165, 1.54) is 154 Å². The highest BCUT2D eigenvalue weighted by atomic mass is 16.5. The zero-order valence-corrected chi connectivity index (χ0v) is 35.9. The fraction of sp³-hybridized carbons (Fsp3) is 0.935. The number of carbonyl (C=O) groups excluding carboxylic acids is 3. The lowest BCUT2D eigenvalue weighted by Gasteiger charge is -2.23. The first-order valence-electron chi connectivity index (χ1n) is 23.3. The monoisotopic (exact) mass is 751 g/mol. The molecule has 0 saturated heterocycles. The van der Waals surface area contributed by atoms with Gasteiger partial charge in [0.1, 0.15) is 13.2 Å². The van der Waals surface area contributed by atoms with Crippen LogP contribution in [0.4, 0.5) is 0 Å². The molecule has 0 aliphatic rings. The largest absolute Gasteiger partial charge is 0.464 e. The number of esters is 2. The molecule has 0 fully saturated rings. The topological polar surface area (TPSA) is 98.9 Å². The van der Waals surface area contributed by atoms with Crippen LogP contribution in [0.1, 0.15) is 233 Å². The van der Waals surface area contributed by atoms with Crippen molar-refractivity contribution in [1.29, 1.82) is 0 Å². The third-order valence-electron chi connectivity index (χ3n) is 11.0. The van der Waals surface area contributed by atoms with Gasteiger partial charge in [-0.2, -0.15) is 0 Å². The molecular formula is C46H90N2O5. The van der Waals surface area contributed by atoms with Gasteiger partial charge in [-0.3, -0.25) is 14.4 Å². The number of amides is 1. The summed E-state index contributed by atoms with van der Waals surface area (Å²) in [6.45, 7) is 9.66. The van der Waals surface area contributed by atoms with Crippen LogP contribution in [0.25, 0.3) is 0 Å². The second-order valence-electron chi connectivity index (χ2n) is 16.0. The first kappa shape index (κ1) is 51.4. The van der Waals surface area contributed by atoms with Crippen molar-refractivity contribution in [2.45, 2.75) is 233 Å². The maximum atomic E-state index is 13.3. The van der Waals surface area contributed by atoms with Crippen molar-refractivity contribution in [3.05, 3.63) is 0 Å². The van der Waals surface area contributed by atoms with Gasteiger partial charge < -0.3 is 20.1 Å². The van der Waals surface area contributed by atoms with E-state index in [1.54, 1.807) is 4.90 Å². The Morgan fingerprint density at radius 1 is 0.415 bits per heavy atom. The van der Waals surface area contributed by atoms with Gasteiger partial charge in [-0.15, -0.1) is 0 Å². The van der Waals surface area contributed by atoms with Gasteiger partial charge >= 0.3 is 11.9 Å². The summed E-state index contributed by atoms with van der Waals surface area (Å²) in [5.74, 6) is -0.641. The summed E-state index contributed by atoms with van der Waals surface area (Å²) in [6.07, 6.45) is 37.9. The Balaban J connectivity index is 4.95. The number of hydrogen-bond acceptors (Lipinski definition) is 6. The van der Waals surface area contributed by atoms with Crippen molar-refractivity contribution >= 4 is 17.8 Å². The fourth-order valence-corrected chi connectivity index (χ4v) is 7.39. The summed E-state index contributed by atoms with van der Waals surface area (Å²) in [5.41, 5.74) is 5.75. The highest BCUT2D eigenvalue weighted by Crippen LogP contribution is 2.23. The van der Waals surface area contributed by atoms with Gasteiger partial charge in [-0.05, 0) is 25.7 Å². The standard InChI is InChI=1S/C46H90N2O5/c1-5-9-13-17-21-25-29-33-42(34-30-26-22-18-14-10-6-2)45(50)52-39-37-48(44(49)41-47)38-40-53-46(51)43(35-31-27-23-19-15-11-7-3)36-32-28-24-20-16-12-8-4/h42-43H,5-41,47H2,1-4H3. The average Bonchev–Trinajstić information content (AvgIpc) is 3.16. The third-order valence-corrected chi connectivity index (χ3v) is 11.0. The average molecular weight is 751 g/mol. The van der Waals surface area contributed by atoms with Gasteiger partial charge in [0.25, 0.3) is 0 Å². The van der Waals surface area contributed by atoms with Crippen LogP contribution in [0.2, 0.25) is 0 Å². The Morgan fingerprint density at radius 3 is 0.906 bits per heavy atom. The van der Waals surface area contributed by atoms with Gasteiger partial charge in [-0.25, -0.2) is 0 Å². The Kier molecular flexibility index (Phi) is 38.8. The Labute approximate surface area is 329 Å². The molecule has 0 aliphatic carbocycles. The van der Waals surface area contributed by atoms with E-state index in [2.05, 4.69) is 27.7 Å². The fourth-order valence-electron chi connectivity index (χ4n) is 7.39. The second-order valence-corrected chi connectivity index (χ2v) is 16.0. The molecule has 7 nitrogen and oxygen atoms in total. The molecule has 0 aromatic carbocycles. The predicted molar refractivity (Wildman–Crippen MR) is 225 cm³/mol. The molecule has 0 aromatic heterocycles. The van der Waals surface area contributed by atoms with Crippen LogP contribution in [-0.4, -0.2) is 55.6 Å². The third kappa shape index (κ3) is 32.3. The molecule has 7 heteroatoms. The van der Waals surface area contributed by atoms with E-state index in [4.69, 9.17) is 15.2 Å². The normalized spacial score (nSPS) is 11.5. The summed E-state index contributed by atoms with van der Waals surface area (Å²) >= 11 is 0. The summed E-state index contributed by atoms with van der Waals surface area (Å²) in [7, 11) is 0. The van der Waals surface area contributed by atoms with Crippen LogP contribution in [0.5, 0.6) is 0 Å². The first-order valence-corrected chi connectivity index (χ1v) is 23.3. The highest BCUT2D eigenvalue weighted by Gasteiger charge is 2.22. The van der Waals surface area contributed by atoms with E-state index in [1.807, 2.05) is 0 Å². The van der Waals surface area contributed by atoms with Crippen LogP contribution in [0, 0.1) is 11.8 Å². The number of nitrogens with two attached hydrogens (primary N) is 1. The second kappa shape index (κ2) is 40.0. The first-order chi connectivity index (χ1) is 25.9. The Hall–Kier alpha value is -1.63. The van der Waals surface area contributed by atoms with Crippen molar-refractivity contribution in [3.63, 3.8) is 0 Å². The van der Waals surface area contributed by atoms with E-state index >= 15 is 0 Å². The quantitative estimate of drug-likeness (QED) is 0.0493. The van der Waals surface area contributed by atoms with Crippen molar-refractivity contribution < 1.29 is 23.9 Å². The molecule has 0 spiro atoms. The SMILES string of the molecule is CCCCCCCCCC(CCCCCCCCC)C(=O)OCCN(CCOC(=O)C(CCCCCCCCC)CCCCCCCCC)C(=O)CN. The molecule has 0 radical (unpaired) electrons. The lowest BCUT2D eigenvalue weighted by molar-refractivity contribution is -0.152. The minimum atomic E-state index is -0.220. The van der Waals surface area contributed by atoms with E-state index in [-0.39, 0.29) is 62.5 Å².